The van der Waals surface area contributed by atoms with E-state index in [0.29, 0.717) is 0 Å². The van der Waals surface area contributed by atoms with E-state index >= 15 is 0 Å². The maximum Gasteiger partial charge on any atom is 0.408 e. The van der Waals surface area contributed by atoms with Crippen molar-refractivity contribution in [3.8, 4) is 0 Å². The monoisotopic (exact) mass is 433 g/mol. The Morgan fingerprint density at radius 3 is 2.21 bits per heavy atom. The Morgan fingerprint density at radius 1 is 1.14 bits per heavy atom. The number of alkyl carbamates (subject to hydrolysis) is 1. The summed E-state index contributed by atoms with van der Waals surface area (Å²) in [7, 11) is -2.08. The van der Waals surface area contributed by atoms with Crippen LogP contribution >= 0.6 is 0 Å². The van der Waals surface area contributed by atoms with Gasteiger partial charge >= 0.3 is 6.09 Å². The fourth-order valence-electron chi connectivity index (χ4n) is 3.12. The van der Waals surface area contributed by atoms with Gasteiger partial charge in [-0.25, -0.2) is 4.79 Å². The maximum absolute atomic E-state index is 12.5. The van der Waals surface area contributed by atoms with Gasteiger partial charge in [0.1, 0.15) is 23.9 Å². The van der Waals surface area contributed by atoms with Crippen LogP contribution in [0.15, 0.2) is 0 Å². The molecule has 0 spiro atoms. The van der Waals surface area contributed by atoms with E-state index in [-0.39, 0.29) is 11.6 Å². The SMILES string of the molecule is CC(C)(C)OC(=O)N[C@@H](CO[Si](C)(C)C(C)(C)C)[C@H]1O[C@H](O)[C@H]2OC(C)(C)O[C@@H]12. The largest absolute Gasteiger partial charge is 0.444 e. The van der Waals surface area contributed by atoms with Crippen LogP contribution in [-0.2, 0) is 23.4 Å². The molecular formula is C20H39NO7Si. The minimum atomic E-state index is -2.08. The quantitative estimate of drug-likeness (QED) is 0.643. The van der Waals surface area contributed by atoms with Crippen molar-refractivity contribution in [3.63, 3.8) is 0 Å². The highest BCUT2D eigenvalue weighted by Gasteiger charge is 2.57. The molecule has 0 aromatic carbocycles. The molecular weight excluding hydrogens is 394 g/mol. The van der Waals surface area contributed by atoms with Crippen molar-refractivity contribution < 1.29 is 33.3 Å². The highest BCUT2D eigenvalue weighted by atomic mass is 28.4. The third kappa shape index (κ3) is 6.14. The van der Waals surface area contributed by atoms with E-state index in [0.717, 1.165) is 0 Å². The van der Waals surface area contributed by atoms with E-state index in [9.17, 15) is 9.90 Å². The minimum Gasteiger partial charge on any atom is -0.444 e. The van der Waals surface area contributed by atoms with Crippen molar-refractivity contribution in [1.29, 1.82) is 0 Å². The molecule has 170 valence electrons. The fourth-order valence-corrected chi connectivity index (χ4v) is 4.15. The summed E-state index contributed by atoms with van der Waals surface area (Å²) in [5.74, 6) is -0.838. The molecule has 0 bridgehead atoms. The van der Waals surface area contributed by atoms with E-state index in [2.05, 4.69) is 39.2 Å². The minimum absolute atomic E-state index is 0.0109. The second-order valence-corrected chi connectivity index (χ2v) is 15.7. The molecule has 2 rings (SSSR count). The number of fused-ring (bicyclic) bond motifs is 1. The normalized spacial score (nSPS) is 30.7. The standard InChI is InChI=1S/C20H39NO7Si/c1-18(2,3)28-17(23)21-12(11-24-29(9,10)19(4,5)6)13-14-15(16(22)25-13)27-20(7,8)26-14/h12-16,22H,11H2,1-10H3,(H,21,23)/t12-,13+,14-,15-,16-/m0/s1. The van der Waals surface area contributed by atoms with Gasteiger partial charge in [0.2, 0.25) is 0 Å². The van der Waals surface area contributed by atoms with Crippen LogP contribution in [0.3, 0.4) is 0 Å². The summed E-state index contributed by atoms with van der Waals surface area (Å²) in [4.78, 5) is 12.5. The van der Waals surface area contributed by atoms with Gasteiger partial charge in [-0.2, -0.15) is 0 Å². The average Bonchev–Trinajstić information content (AvgIpc) is 2.95. The number of rotatable bonds is 5. The molecule has 5 atom stereocenters. The van der Waals surface area contributed by atoms with Crippen molar-refractivity contribution >= 4 is 14.4 Å². The summed E-state index contributed by atoms with van der Waals surface area (Å²) < 4.78 is 29.3. The second kappa shape index (κ2) is 8.09. The van der Waals surface area contributed by atoms with Gasteiger partial charge in [-0.1, -0.05) is 20.8 Å². The first-order valence-electron chi connectivity index (χ1n) is 10.2. The number of ether oxygens (including phenoxy) is 4. The van der Waals surface area contributed by atoms with Crippen LogP contribution in [-0.4, -0.2) is 68.2 Å². The summed E-state index contributed by atoms with van der Waals surface area (Å²) >= 11 is 0. The lowest BCUT2D eigenvalue weighted by molar-refractivity contribution is -0.223. The number of carbonyl (C=O) groups is 1. The molecule has 0 aliphatic carbocycles. The number of hydrogen-bond donors (Lipinski definition) is 2. The van der Waals surface area contributed by atoms with Crippen LogP contribution in [0.2, 0.25) is 18.1 Å². The lowest BCUT2D eigenvalue weighted by Crippen LogP contribution is -2.54. The molecule has 2 N–H and O–H groups in total. The lowest BCUT2D eigenvalue weighted by atomic mass is 10.0. The molecule has 2 heterocycles. The second-order valence-electron chi connectivity index (χ2n) is 10.9. The first kappa shape index (κ1) is 24.6. The highest BCUT2D eigenvalue weighted by Crippen LogP contribution is 2.40. The molecule has 2 fully saturated rings. The Kier molecular flexibility index (Phi) is 6.85. The van der Waals surface area contributed by atoms with Crippen molar-refractivity contribution in [2.24, 2.45) is 0 Å². The molecule has 0 radical (unpaired) electrons. The van der Waals surface area contributed by atoms with Gasteiger partial charge in [0.25, 0.3) is 0 Å². The van der Waals surface area contributed by atoms with Crippen LogP contribution in [0.1, 0.15) is 55.4 Å². The molecule has 0 unspecified atom stereocenters. The molecule has 0 aromatic rings. The van der Waals surface area contributed by atoms with Crippen LogP contribution in [0.25, 0.3) is 0 Å². The Bertz CT molecular complexity index is 597. The van der Waals surface area contributed by atoms with E-state index in [4.69, 9.17) is 23.4 Å². The predicted octanol–water partition coefficient (Wildman–Crippen LogP) is 3.14. The Balaban J connectivity index is 2.19. The molecule has 1 amide bonds. The Labute approximate surface area is 175 Å². The predicted molar refractivity (Wildman–Crippen MR) is 111 cm³/mol. The van der Waals surface area contributed by atoms with E-state index in [1.54, 1.807) is 34.6 Å². The van der Waals surface area contributed by atoms with Crippen LogP contribution < -0.4 is 5.32 Å². The Morgan fingerprint density at radius 2 is 1.69 bits per heavy atom. The molecule has 8 nitrogen and oxygen atoms in total. The van der Waals surface area contributed by atoms with Crippen molar-refractivity contribution in [1.82, 2.24) is 5.32 Å². The van der Waals surface area contributed by atoms with Gasteiger partial charge in [-0.15, -0.1) is 0 Å². The summed E-state index contributed by atoms with van der Waals surface area (Å²) in [5.41, 5.74) is -0.636. The number of carbonyl (C=O) groups excluding carboxylic acids is 1. The van der Waals surface area contributed by atoms with Crippen molar-refractivity contribution in [2.45, 2.75) is 116 Å². The van der Waals surface area contributed by atoms with Gasteiger partial charge in [0, 0.05) is 0 Å². The molecule has 2 aliphatic heterocycles. The number of nitrogens with one attached hydrogen (secondary N) is 1. The van der Waals surface area contributed by atoms with Gasteiger partial charge in [0.05, 0.1) is 12.6 Å². The van der Waals surface area contributed by atoms with Crippen molar-refractivity contribution in [2.75, 3.05) is 6.61 Å². The molecule has 2 aliphatic rings. The zero-order valence-corrected chi connectivity index (χ0v) is 20.5. The maximum atomic E-state index is 12.5. The fraction of sp³-hybridized carbons (Fsp3) is 0.950. The number of aliphatic hydroxyl groups excluding tert-OH is 1. The summed E-state index contributed by atoms with van der Waals surface area (Å²) in [6.45, 7) is 19.9. The topological polar surface area (TPSA) is 95.5 Å². The third-order valence-corrected chi connectivity index (χ3v) is 10.1. The van der Waals surface area contributed by atoms with Gasteiger partial charge in [0.15, 0.2) is 20.4 Å². The van der Waals surface area contributed by atoms with E-state index in [1.807, 2.05) is 0 Å². The summed E-state index contributed by atoms with van der Waals surface area (Å²) in [5, 5.41) is 13.2. The van der Waals surface area contributed by atoms with Crippen molar-refractivity contribution in [3.05, 3.63) is 0 Å². The molecule has 9 heteroatoms. The number of amides is 1. The van der Waals surface area contributed by atoms with Gasteiger partial charge in [-0.3, -0.25) is 0 Å². The first-order valence-corrected chi connectivity index (χ1v) is 13.2. The third-order valence-electron chi connectivity index (χ3n) is 5.59. The highest BCUT2D eigenvalue weighted by molar-refractivity contribution is 6.74. The van der Waals surface area contributed by atoms with E-state index < -0.39 is 56.4 Å². The van der Waals surface area contributed by atoms with Crippen LogP contribution in [0.4, 0.5) is 4.79 Å². The molecule has 0 aromatic heterocycles. The van der Waals surface area contributed by atoms with Gasteiger partial charge in [-0.05, 0) is 52.8 Å². The summed E-state index contributed by atoms with van der Waals surface area (Å²) in [6.07, 6.45) is -3.48. The molecule has 29 heavy (non-hydrogen) atoms. The van der Waals surface area contributed by atoms with Gasteiger partial charge < -0.3 is 33.8 Å². The average molecular weight is 434 g/mol. The first-order chi connectivity index (χ1) is 12.9. The van der Waals surface area contributed by atoms with Crippen LogP contribution in [0.5, 0.6) is 0 Å². The number of aliphatic hydroxyl groups is 1. The lowest BCUT2D eigenvalue weighted by Gasteiger charge is -2.38. The van der Waals surface area contributed by atoms with Crippen LogP contribution in [0, 0.1) is 0 Å². The molecule has 2 saturated heterocycles. The molecule has 0 saturated carbocycles. The zero-order chi connectivity index (χ0) is 22.4. The number of hydrogen-bond acceptors (Lipinski definition) is 7. The smallest absolute Gasteiger partial charge is 0.408 e. The zero-order valence-electron chi connectivity index (χ0n) is 19.5. The Hall–Kier alpha value is -0.713. The van der Waals surface area contributed by atoms with E-state index in [1.165, 1.54) is 0 Å². The summed E-state index contributed by atoms with van der Waals surface area (Å²) in [6, 6.07) is -0.568.